The van der Waals surface area contributed by atoms with Gasteiger partial charge in [-0.25, -0.2) is 4.39 Å². The van der Waals surface area contributed by atoms with Crippen LogP contribution >= 0.6 is 0 Å². The van der Waals surface area contributed by atoms with Crippen LogP contribution in [0.5, 0.6) is 0 Å². The van der Waals surface area contributed by atoms with Gasteiger partial charge >= 0.3 is 6.18 Å². The molecule has 2 aromatic carbocycles. The molecule has 166 valence electrons. The van der Waals surface area contributed by atoms with Crippen LogP contribution < -0.4 is 0 Å². The van der Waals surface area contributed by atoms with Crippen molar-refractivity contribution in [2.45, 2.75) is 43.8 Å². The minimum absolute atomic E-state index is 0.177. The molecular weight excluding hydrogens is 408 g/mol. The summed E-state index contributed by atoms with van der Waals surface area (Å²) in [6.07, 6.45) is -4.65. The molecule has 0 radical (unpaired) electrons. The third-order valence-electron chi connectivity index (χ3n) is 6.99. The summed E-state index contributed by atoms with van der Waals surface area (Å²) in [5.74, 6) is -0.230. The monoisotopic (exact) mass is 434 g/mol. The third kappa shape index (κ3) is 4.11. The van der Waals surface area contributed by atoms with Gasteiger partial charge in [-0.1, -0.05) is 36.4 Å². The second kappa shape index (κ2) is 8.19. The van der Waals surface area contributed by atoms with Gasteiger partial charge in [-0.2, -0.15) is 13.2 Å². The summed E-state index contributed by atoms with van der Waals surface area (Å²) >= 11 is 0. The molecule has 7 heteroatoms. The Morgan fingerprint density at radius 2 is 1.65 bits per heavy atom. The van der Waals surface area contributed by atoms with Crippen LogP contribution in [0.15, 0.2) is 48.5 Å². The number of hydrogen-bond acceptors (Lipinski definition) is 3. The number of piperidine rings is 3. The molecule has 4 heterocycles. The first-order valence-electron chi connectivity index (χ1n) is 10.9. The lowest BCUT2D eigenvalue weighted by molar-refractivity contribution is -0.295. The molecule has 3 atom stereocenters. The SMILES string of the molecule is Fc1ccc(C2c3ccccc3CCN2C(O[C@@H]2CN3CCC2CC3)C(F)(F)F)cc1. The van der Waals surface area contributed by atoms with E-state index in [1.807, 2.05) is 24.3 Å². The Balaban J connectivity index is 1.51. The van der Waals surface area contributed by atoms with E-state index >= 15 is 0 Å². The van der Waals surface area contributed by atoms with Crippen molar-refractivity contribution in [2.75, 3.05) is 26.2 Å². The number of hydrogen-bond donors (Lipinski definition) is 0. The first-order valence-corrected chi connectivity index (χ1v) is 10.9. The van der Waals surface area contributed by atoms with Crippen LogP contribution in [0.25, 0.3) is 0 Å². The molecule has 2 bridgehead atoms. The standard InChI is InChI=1S/C24H26F4N2O/c25-19-7-5-18(6-8-19)22-20-4-2-1-3-16(20)11-14-30(22)23(24(26,27)28)31-21-15-29-12-9-17(21)10-13-29/h1-8,17,21-23H,9-15H2/t21-,22?,23?/m1/s1. The van der Waals surface area contributed by atoms with E-state index in [1.165, 1.54) is 17.0 Å². The van der Waals surface area contributed by atoms with E-state index in [9.17, 15) is 17.6 Å². The van der Waals surface area contributed by atoms with Gasteiger partial charge in [0.1, 0.15) is 5.82 Å². The Morgan fingerprint density at radius 3 is 2.29 bits per heavy atom. The Labute approximate surface area is 179 Å². The van der Waals surface area contributed by atoms with Gasteiger partial charge in [0.2, 0.25) is 6.23 Å². The fourth-order valence-electron chi connectivity index (χ4n) is 5.43. The summed E-state index contributed by atoms with van der Waals surface area (Å²) in [6.45, 7) is 2.67. The summed E-state index contributed by atoms with van der Waals surface area (Å²) in [4.78, 5) is 3.62. The molecule has 0 N–H and O–H groups in total. The lowest BCUT2D eigenvalue weighted by Crippen LogP contribution is -2.58. The van der Waals surface area contributed by atoms with E-state index in [2.05, 4.69) is 4.90 Å². The fraction of sp³-hybridized carbons (Fsp3) is 0.500. The Morgan fingerprint density at radius 1 is 0.935 bits per heavy atom. The molecular formula is C24H26F4N2O. The fourth-order valence-corrected chi connectivity index (χ4v) is 5.43. The number of rotatable bonds is 4. The van der Waals surface area contributed by atoms with Crippen molar-refractivity contribution in [2.24, 2.45) is 5.92 Å². The van der Waals surface area contributed by atoms with Crippen LogP contribution in [-0.4, -0.2) is 54.5 Å². The summed E-state index contributed by atoms with van der Waals surface area (Å²) < 4.78 is 62.6. The molecule has 3 fully saturated rings. The third-order valence-corrected chi connectivity index (χ3v) is 6.99. The van der Waals surface area contributed by atoms with Crippen molar-refractivity contribution >= 4 is 0 Å². The quantitative estimate of drug-likeness (QED) is 0.645. The molecule has 4 aliphatic heterocycles. The van der Waals surface area contributed by atoms with Crippen LogP contribution in [0.3, 0.4) is 0 Å². The topological polar surface area (TPSA) is 15.7 Å². The van der Waals surface area contributed by atoms with Gasteiger partial charge in [-0.05, 0) is 67.1 Å². The minimum Gasteiger partial charge on any atom is -0.349 e. The van der Waals surface area contributed by atoms with Crippen LogP contribution in [0.1, 0.15) is 35.6 Å². The van der Waals surface area contributed by atoms with Crippen LogP contribution in [0.2, 0.25) is 0 Å². The molecule has 31 heavy (non-hydrogen) atoms. The van der Waals surface area contributed by atoms with E-state index in [4.69, 9.17) is 4.74 Å². The average Bonchev–Trinajstić information content (AvgIpc) is 2.77. The van der Waals surface area contributed by atoms with Crippen molar-refractivity contribution in [3.63, 3.8) is 0 Å². The van der Waals surface area contributed by atoms with Crippen LogP contribution in [0, 0.1) is 11.7 Å². The maximum Gasteiger partial charge on any atom is 0.428 e. The second-order valence-electron chi connectivity index (χ2n) is 8.85. The van der Waals surface area contributed by atoms with Gasteiger partial charge in [0.25, 0.3) is 0 Å². The highest BCUT2D eigenvalue weighted by molar-refractivity contribution is 5.40. The van der Waals surface area contributed by atoms with Crippen LogP contribution in [-0.2, 0) is 11.2 Å². The zero-order chi connectivity index (χ0) is 21.6. The molecule has 0 aromatic heterocycles. The number of ether oxygens (including phenoxy) is 1. The van der Waals surface area contributed by atoms with E-state index in [1.54, 1.807) is 12.1 Å². The highest BCUT2D eigenvalue weighted by Crippen LogP contribution is 2.42. The molecule has 0 aliphatic carbocycles. The highest BCUT2D eigenvalue weighted by Gasteiger charge is 2.51. The number of halogens is 4. The Kier molecular flexibility index (Phi) is 5.52. The summed E-state index contributed by atoms with van der Waals surface area (Å²) in [5, 5.41) is 0. The van der Waals surface area contributed by atoms with E-state index in [0.29, 0.717) is 18.5 Å². The van der Waals surface area contributed by atoms with Gasteiger partial charge in [-0.15, -0.1) is 0 Å². The van der Waals surface area contributed by atoms with Gasteiger partial charge in [0, 0.05) is 13.1 Å². The van der Waals surface area contributed by atoms with Crippen molar-refractivity contribution < 1.29 is 22.3 Å². The zero-order valence-corrected chi connectivity index (χ0v) is 17.2. The second-order valence-corrected chi connectivity index (χ2v) is 8.85. The molecule has 4 aliphatic rings. The van der Waals surface area contributed by atoms with E-state index in [-0.39, 0.29) is 12.5 Å². The Bertz CT molecular complexity index is 909. The van der Waals surface area contributed by atoms with Crippen molar-refractivity contribution in [3.05, 3.63) is 71.0 Å². The summed E-state index contributed by atoms with van der Waals surface area (Å²) in [6, 6.07) is 12.7. The van der Waals surface area contributed by atoms with Crippen molar-refractivity contribution in [3.8, 4) is 0 Å². The van der Waals surface area contributed by atoms with Gasteiger partial charge < -0.3 is 9.64 Å². The molecule has 6 rings (SSSR count). The van der Waals surface area contributed by atoms with Crippen LogP contribution in [0.4, 0.5) is 17.6 Å². The molecule has 2 aromatic rings. The minimum atomic E-state index is -4.53. The average molecular weight is 434 g/mol. The first-order chi connectivity index (χ1) is 14.9. The van der Waals surface area contributed by atoms with E-state index in [0.717, 1.165) is 37.1 Å². The molecule has 0 spiro atoms. The number of alkyl halides is 3. The maximum atomic E-state index is 14.4. The number of fused-ring (bicyclic) bond motifs is 4. The lowest BCUT2D eigenvalue weighted by Gasteiger charge is -2.48. The normalized spacial score (nSPS) is 29.5. The van der Waals surface area contributed by atoms with Crippen molar-refractivity contribution in [1.29, 1.82) is 0 Å². The lowest BCUT2D eigenvalue weighted by atomic mass is 9.85. The molecule has 0 amide bonds. The smallest absolute Gasteiger partial charge is 0.349 e. The molecule has 3 nitrogen and oxygen atoms in total. The van der Waals surface area contributed by atoms with E-state index < -0.39 is 30.4 Å². The highest BCUT2D eigenvalue weighted by atomic mass is 19.4. The first kappa shape index (κ1) is 20.9. The van der Waals surface area contributed by atoms with Gasteiger partial charge in [-0.3, -0.25) is 4.90 Å². The zero-order valence-electron chi connectivity index (χ0n) is 17.2. The van der Waals surface area contributed by atoms with Gasteiger partial charge in [0.05, 0.1) is 12.1 Å². The predicted molar refractivity (Wildman–Crippen MR) is 109 cm³/mol. The molecule has 3 saturated heterocycles. The molecule has 2 unspecified atom stereocenters. The number of benzene rings is 2. The predicted octanol–water partition coefficient (Wildman–Crippen LogP) is 4.77. The summed E-state index contributed by atoms with van der Waals surface area (Å²) in [7, 11) is 0. The Hall–Kier alpha value is -1.96. The van der Waals surface area contributed by atoms with Gasteiger partial charge in [0.15, 0.2) is 0 Å². The maximum absolute atomic E-state index is 14.4. The van der Waals surface area contributed by atoms with Crippen molar-refractivity contribution in [1.82, 2.24) is 9.80 Å². The summed E-state index contributed by atoms with van der Waals surface area (Å²) in [5.41, 5.74) is 2.49. The molecule has 0 saturated carbocycles. The number of nitrogens with zero attached hydrogens (tertiary/aromatic N) is 2. The largest absolute Gasteiger partial charge is 0.428 e.